The van der Waals surface area contributed by atoms with Gasteiger partial charge in [0.1, 0.15) is 6.54 Å². The Morgan fingerprint density at radius 1 is 1.46 bits per heavy atom. The van der Waals surface area contributed by atoms with Gasteiger partial charge in [-0.15, -0.1) is 0 Å². The molecule has 1 aromatic rings. The Morgan fingerprint density at radius 3 is 2.83 bits per heavy atom. The number of nitrogens with zero attached hydrogens (tertiary/aromatic N) is 4. The van der Waals surface area contributed by atoms with E-state index in [0.717, 1.165) is 18.5 Å². The number of amides is 3. The number of aryl methyl sites for hydroxylation is 1. The molecule has 3 amide bonds. The molecule has 0 spiro atoms. The number of aromatic nitrogens is 2. The predicted octanol–water partition coefficient (Wildman–Crippen LogP) is 0.736. The maximum atomic E-state index is 12.3. The first kappa shape index (κ1) is 16.8. The first-order valence-corrected chi connectivity index (χ1v) is 8.34. The topological polar surface area (TPSA) is 79.7 Å². The number of nitrogens with one attached hydrogen (secondary N) is 1. The molecule has 3 heterocycles. The highest BCUT2D eigenvalue weighted by Crippen LogP contribution is 2.28. The first-order chi connectivity index (χ1) is 11.3. The number of urea groups is 1. The molecule has 1 atom stereocenters. The largest absolute Gasteiger partial charge is 0.371 e. The molecule has 0 aromatic carbocycles. The van der Waals surface area contributed by atoms with Crippen LogP contribution in [0.3, 0.4) is 0 Å². The van der Waals surface area contributed by atoms with Gasteiger partial charge in [0.25, 0.3) is 0 Å². The maximum Gasteiger partial charge on any atom is 0.318 e. The van der Waals surface area contributed by atoms with E-state index in [1.165, 1.54) is 0 Å². The van der Waals surface area contributed by atoms with Crippen molar-refractivity contribution in [2.75, 3.05) is 31.1 Å². The van der Waals surface area contributed by atoms with E-state index in [1.807, 2.05) is 7.05 Å². The van der Waals surface area contributed by atoms with Crippen molar-refractivity contribution in [3.63, 3.8) is 0 Å². The van der Waals surface area contributed by atoms with Gasteiger partial charge in [0.15, 0.2) is 0 Å². The molecule has 1 aromatic heterocycles. The molecule has 2 fully saturated rings. The second kappa shape index (κ2) is 6.43. The lowest BCUT2D eigenvalue weighted by molar-refractivity contribution is -0.120. The number of piperazine rings is 1. The Bertz CT molecular complexity index is 627. The van der Waals surface area contributed by atoms with Crippen molar-refractivity contribution in [3.8, 4) is 0 Å². The van der Waals surface area contributed by atoms with Gasteiger partial charge in [-0.1, -0.05) is 0 Å². The fourth-order valence-corrected chi connectivity index (χ4v) is 3.20. The Labute approximate surface area is 141 Å². The van der Waals surface area contributed by atoms with Gasteiger partial charge >= 0.3 is 6.03 Å². The third-order valence-electron chi connectivity index (χ3n) is 4.55. The first-order valence-electron chi connectivity index (χ1n) is 8.34. The highest BCUT2D eigenvalue weighted by Gasteiger charge is 2.33. The zero-order valence-corrected chi connectivity index (χ0v) is 14.5. The fourth-order valence-electron chi connectivity index (χ4n) is 3.20. The second-order valence-corrected chi connectivity index (χ2v) is 7.06. The summed E-state index contributed by atoms with van der Waals surface area (Å²) in [6, 6.07) is -0.206. The zero-order chi connectivity index (χ0) is 17.3. The van der Waals surface area contributed by atoms with E-state index in [9.17, 15) is 9.59 Å². The van der Waals surface area contributed by atoms with E-state index < -0.39 is 0 Å². The van der Waals surface area contributed by atoms with Gasteiger partial charge < -0.3 is 19.9 Å². The van der Waals surface area contributed by atoms with Crippen molar-refractivity contribution in [3.05, 3.63) is 12.4 Å². The number of ether oxygens (including phenoxy) is 1. The fraction of sp³-hybridized carbons (Fsp3) is 0.688. The van der Waals surface area contributed by atoms with Crippen LogP contribution in [0.15, 0.2) is 12.4 Å². The van der Waals surface area contributed by atoms with Crippen LogP contribution in [0.2, 0.25) is 0 Å². The van der Waals surface area contributed by atoms with Crippen LogP contribution in [0.1, 0.15) is 26.7 Å². The average molecular weight is 335 g/mol. The Hall–Kier alpha value is -2.09. The third kappa shape index (κ3) is 3.69. The number of hydrogen-bond acceptors (Lipinski definition) is 4. The summed E-state index contributed by atoms with van der Waals surface area (Å²) in [6.45, 7) is 5.67. The Kier molecular flexibility index (Phi) is 4.49. The number of hydrogen-bond donors (Lipinski definition) is 1. The monoisotopic (exact) mass is 335 g/mol. The maximum absolute atomic E-state index is 12.3. The van der Waals surface area contributed by atoms with Crippen LogP contribution in [0.25, 0.3) is 0 Å². The van der Waals surface area contributed by atoms with Crippen molar-refractivity contribution in [2.24, 2.45) is 7.05 Å². The highest BCUT2D eigenvalue weighted by molar-refractivity contribution is 5.97. The number of rotatable bonds is 3. The van der Waals surface area contributed by atoms with Crippen LogP contribution in [0.5, 0.6) is 0 Å². The van der Waals surface area contributed by atoms with Crippen LogP contribution in [0.4, 0.5) is 10.5 Å². The molecule has 2 aliphatic rings. The van der Waals surface area contributed by atoms with Crippen molar-refractivity contribution in [1.82, 2.24) is 20.0 Å². The molecule has 0 saturated carbocycles. The standard InChI is InChI=1S/C16H25N5O3/c1-16(2)5-4-13(24-16)9-17-15(23)20-6-7-21(14(22)11-20)12-8-18-19(3)10-12/h8,10,13H,4-7,9,11H2,1-3H3,(H,17,23)/t13-/m1/s1. The molecule has 0 unspecified atom stereocenters. The summed E-state index contributed by atoms with van der Waals surface area (Å²) in [5.74, 6) is -0.0948. The summed E-state index contributed by atoms with van der Waals surface area (Å²) in [7, 11) is 1.81. The Balaban J connectivity index is 1.48. The summed E-state index contributed by atoms with van der Waals surface area (Å²) in [5, 5.41) is 6.97. The van der Waals surface area contributed by atoms with Crippen LogP contribution in [-0.2, 0) is 16.6 Å². The van der Waals surface area contributed by atoms with E-state index in [-0.39, 0.29) is 30.2 Å². The lowest BCUT2D eigenvalue weighted by Crippen LogP contribution is -2.55. The molecule has 3 rings (SSSR count). The van der Waals surface area contributed by atoms with Crippen molar-refractivity contribution in [2.45, 2.75) is 38.4 Å². The molecule has 2 saturated heterocycles. The molecule has 1 N–H and O–H groups in total. The van der Waals surface area contributed by atoms with E-state index >= 15 is 0 Å². The van der Waals surface area contributed by atoms with E-state index in [0.29, 0.717) is 19.6 Å². The van der Waals surface area contributed by atoms with Crippen molar-refractivity contribution >= 4 is 17.6 Å². The zero-order valence-electron chi connectivity index (χ0n) is 14.5. The molecule has 8 heteroatoms. The third-order valence-corrected chi connectivity index (χ3v) is 4.55. The molecule has 2 aliphatic heterocycles. The lowest BCUT2D eigenvalue weighted by Gasteiger charge is -2.33. The van der Waals surface area contributed by atoms with Gasteiger partial charge in [0.2, 0.25) is 5.91 Å². The summed E-state index contributed by atoms with van der Waals surface area (Å²) in [6.07, 6.45) is 5.45. The van der Waals surface area contributed by atoms with Crippen LogP contribution in [0, 0.1) is 0 Å². The van der Waals surface area contributed by atoms with Gasteiger partial charge in [-0.05, 0) is 26.7 Å². The molecular formula is C16H25N5O3. The second-order valence-electron chi connectivity index (χ2n) is 7.06. The quantitative estimate of drug-likeness (QED) is 0.883. The molecule has 24 heavy (non-hydrogen) atoms. The minimum absolute atomic E-state index is 0.0522. The summed E-state index contributed by atoms with van der Waals surface area (Å²) >= 11 is 0. The average Bonchev–Trinajstić information content (AvgIpc) is 3.10. The molecule has 132 valence electrons. The van der Waals surface area contributed by atoms with E-state index in [2.05, 4.69) is 24.3 Å². The van der Waals surface area contributed by atoms with Crippen molar-refractivity contribution < 1.29 is 14.3 Å². The van der Waals surface area contributed by atoms with Gasteiger partial charge in [-0.2, -0.15) is 5.10 Å². The minimum atomic E-state index is -0.206. The predicted molar refractivity (Wildman–Crippen MR) is 88.7 cm³/mol. The van der Waals surface area contributed by atoms with E-state index in [1.54, 1.807) is 26.9 Å². The summed E-state index contributed by atoms with van der Waals surface area (Å²) in [4.78, 5) is 27.8. The normalized spacial score (nSPS) is 23.6. The molecule has 0 radical (unpaired) electrons. The van der Waals surface area contributed by atoms with Crippen LogP contribution in [-0.4, -0.2) is 64.5 Å². The van der Waals surface area contributed by atoms with Gasteiger partial charge in [-0.3, -0.25) is 9.48 Å². The Morgan fingerprint density at radius 2 is 2.25 bits per heavy atom. The molecule has 0 bridgehead atoms. The molecular weight excluding hydrogens is 310 g/mol. The molecule has 8 nitrogen and oxygen atoms in total. The lowest BCUT2D eigenvalue weighted by atomic mass is 10.1. The highest BCUT2D eigenvalue weighted by atomic mass is 16.5. The van der Waals surface area contributed by atoms with Gasteiger partial charge in [0, 0.05) is 32.9 Å². The van der Waals surface area contributed by atoms with Gasteiger partial charge in [0.05, 0.1) is 23.6 Å². The SMILES string of the molecule is Cn1cc(N2CCN(C(=O)NC[C@H]3CCC(C)(C)O3)CC2=O)cn1. The van der Waals surface area contributed by atoms with Crippen LogP contribution < -0.4 is 10.2 Å². The number of anilines is 1. The van der Waals surface area contributed by atoms with Crippen molar-refractivity contribution in [1.29, 1.82) is 0 Å². The minimum Gasteiger partial charge on any atom is -0.371 e. The molecule has 0 aliphatic carbocycles. The smallest absolute Gasteiger partial charge is 0.318 e. The summed E-state index contributed by atoms with van der Waals surface area (Å²) < 4.78 is 7.52. The van der Waals surface area contributed by atoms with Crippen LogP contribution >= 0.6 is 0 Å². The van der Waals surface area contributed by atoms with Gasteiger partial charge in [-0.25, -0.2) is 4.79 Å². The number of carbonyl (C=O) groups is 2. The number of carbonyl (C=O) groups excluding carboxylic acids is 2. The van der Waals surface area contributed by atoms with E-state index in [4.69, 9.17) is 4.74 Å². The summed E-state index contributed by atoms with van der Waals surface area (Å²) in [5.41, 5.74) is 0.657.